The largest absolute Gasteiger partial charge is 0.486 e. The molecule has 0 unspecified atom stereocenters. The van der Waals surface area contributed by atoms with Crippen LogP contribution in [0.2, 0.25) is 0 Å². The minimum atomic E-state index is -3.87. The second-order valence-corrected chi connectivity index (χ2v) is 9.50. The molecule has 1 aliphatic rings. The van der Waals surface area contributed by atoms with Crippen LogP contribution in [0.15, 0.2) is 77.7 Å². The Morgan fingerprint density at radius 3 is 2.46 bits per heavy atom. The summed E-state index contributed by atoms with van der Waals surface area (Å²) in [7, 11) is -3.87. The van der Waals surface area contributed by atoms with Gasteiger partial charge in [-0.15, -0.1) is 0 Å². The highest BCUT2D eigenvalue weighted by Crippen LogP contribution is 2.32. The Morgan fingerprint density at radius 1 is 0.943 bits per heavy atom. The fourth-order valence-electron chi connectivity index (χ4n) is 3.29. The summed E-state index contributed by atoms with van der Waals surface area (Å²) in [5, 5.41) is 2.66. The van der Waals surface area contributed by atoms with Crippen molar-refractivity contribution < 1.29 is 32.2 Å². The number of nitrogens with one attached hydrogen (secondary N) is 2. The molecule has 0 saturated heterocycles. The molecule has 1 amide bonds. The van der Waals surface area contributed by atoms with Crippen molar-refractivity contribution >= 4 is 27.6 Å². The Hall–Kier alpha value is -3.89. The quantitative estimate of drug-likeness (QED) is 0.460. The molecule has 1 heterocycles. The van der Waals surface area contributed by atoms with Gasteiger partial charge in [-0.2, -0.15) is 0 Å². The molecule has 0 aliphatic carbocycles. The molecule has 3 aromatic rings. The van der Waals surface area contributed by atoms with Crippen LogP contribution in [0, 0.1) is 0 Å². The fraction of sp³-hybridized carbons (Fsp3) is 0.200. The second kappa shape index (κ2) is 10.6. The van der Waals surface area contributed by atoms with Crippen molar-refractivity contribution in [2.45, 2.75) is 24.5 Å². The third kappa shape index (κ3) is 6.17. The minimum absolute atomic E-state index is 0.00608. The van der Waals surface area contributed by atoms with Gasteiger partial charge in [-0.05, 0) is 42.8 Å². The minimum Gasteiger partial charge on any atom is -0.486 e. The summed E-state index contributed by atoms with van der Waals surface area (Å²) >= 11 is 0. The molecular formula is C25H24N2O7S. The third-order valence-electron chi connectivity index (χ3n) is 5.15. The van der Waals surface area contributed by atoms with Crippen LogP contribution in [0.1, 0.15) is 22.8 Å². The van der Waals surface area contributed by atoms with Crippen molar-refractivity contribution in [1.29, 1.82) is 0 Å². The average molecular weight is 497 g/mol. The van der Waals surface area contributed by atoms with E-state index in [4.69, 9.17) is 14.2 Å². The Morgan fingerprint density at radius 2 is 1.69 bits per heavy atom. The van der Waals surface area contributed by atoms with E-state index in [0.717, 1.165) is 5.56 Å². The number of carbonyl (C=O) groups is 2. The van der Waals surface area contributed by atoms with E-state index >= 15 is 0 Å². The molecule has 0 bridgehead atoms. The Kier molecular flexibility index (Phi) is 7.33. The summed E-state index contributed by atoms with van der Waals surface area (Å²) < 4.78 is 44.0. The van der Waals surface area contributed by atoms with Gasteiger partial charge in [0.15, 0.2) is 17.6 Å². The van der Waals surface area contributed by atoms with Gasteiger partial charge in [0.2, 0.25) is 10.0 Å². The van der Waals surface area contributed by atoms with E-state index in [9.17, 15) is 18.0 Å². The summed E-state index contributed by atoms with van der Waals surface area (Å²) in [6, 6.07) is 19.5. The van der Waals surface area contributed by atoms with E-state index in [1.165, 1.54) is 31.2 Å². The summed E-state index contributed by atoms with van der Waals surface area (Å²) in [4.78, 5) is 25.0. The number of benzene rings is 3. The van der Waals surface area contributed by atoms with Crippen molar-refractivity contribution in [3.8, 4) is 11.5 Å². The van der Waals surface area contributed by atoms with E-state index in [-0.39, 0.29) is 17.0 Å². The van der Waals surface area contributed by atoms with E-state index in [2.05, 4.69) is 10.0 Å². The Balaban J connectivity index is 1.37. The van der Waals surface area contributed by atoms with Crippen LogP contribution >= 0.6 is 0 Å². The summed E-state index contributed by atoms with van der Waals surface area (Å²) in [5.74, 6) is -0.280. The SMILES string of the molecule is C[C@@H](OC(=O)c1cccc(S(=O)(=O)NCc2ccccc2)c1)C(=O)Nc1ccc2c(c1)OCCO2. The molecule has 0 aromatic heterocycles. The maximum atomic E-state index is 12.7. The van der Waals surface area contributed by atoms with Crippen LogP contribution in [-0.4, -0.2) is 39.6 Å². The van der Waals surface area contributed by atoms with Crippen molar-refractivity contribution in [2.24, 2.45) is 0 Å². The van der Waals surface area contributed by atoms with Crippen LogP contribution in [0.3, 0.4) is 0 Å². The second-order valence-electron chi connectivity index (χ2n) is 7.73. The molecular weight excluding hydrogens is 472 g/mol. The van der Waals surface area contributed by atoms with Crippen LogP contribution in [0.5, 0.6) is 11.5 Å². The number of carbonyl (C=O) groups excluding carboxylic acids is 2. The molecule has 2 N–H and O–H groups in total. The lowest BCUT2D eigenvalue weighted by molar-refractivity contribution is -0.123. The number of hydrogen-bond acceptors (Lipinski definition) is 7. The van der Waals surface area contributed by atoms with Crippen molar-refractivity contribution in [3.63, 3.8) is 0 Å². The highest BCUT2D eigenvalue weighted by molar-refractivity contribution is 7.89. The first-order valence-corrected chi connectivity index (χ1v) is 12.4. The Labute approximate surface area is 203 Å². The van der Waals surface area contributed by atoms with E-state index < -0.39 is 28.0 Å². The number of sulfonamides is 1. The van der Waals surface area contributed by atoms with E-state index in [1.807, 2.05) is 18.2 Å². The van der Waals surface area contributed by atoms with Gasteiger partial charge in [0.25, 0.3) is 5.91 Å². The Bertz CT molecular complexity index is 1330. The van der Waals surface area contributed by atoms with Gasteiger partial charge in [-0.1, -0.05) is 36.4 Å². The molecule has 0 spiro atoms. The lowest BCUT2D eigenvalue weighted by Crippen LogP contribution is -2.30. The number of fused-ring (bicyclic) bond motifs is 1. The zero-order chi connectivity index (χ0) is 24.8. The van der Waals surface area contributed by atoms with Gasteiger partial charge < -0.3 is 19.5 Å². The summed E-state index contributed by atoms with van der Waals surface area (Å²) in [6.07, 6.45) is -1.13. The van der Waals surface area contributed by atoms with E-state index in [1.54, 1.807) is 30.3 Å². The highest BCUT2D eigenvalue weighted by atomic mass is 32.2. The molecule has 1 atom stereocenters. The molecule has 10 heteroatoms. The van der Waals surface area contributed by atoms with Crippen LogP contribution in [0.4, 0.5) is 5.69 Å². The van der Waals surface area contributed by atoms with Crippen LogP contribution in [-0.2, 0) is 26.1 Å². The molecule has 1 aliphatic heterocycles. The van der Waals surface area contributed by atoms with Gasteiger partial charge in [-0.3, -0.25) is 4.79 Å². The summed E-state index contributed by atoms with van der Waals surface area (Å²) in [6.45, 7) is 2.40. The number of hydrogen-bond donors (Lipinski definition) is 2. The van der Waals surface area contributed by atoms with Crippen LogP contribution < -0.4 is 19.5 Å². The monoisotopic (exact) mass is 496 g/mol. The maximum absolute atomic E-state index is 12.7. The van der Waals surface area contributed by atoms with Gasteiger partial charge >= 0.3 is 5.97 Å². The fourth-order valence-corrected chi connectivity index (χ4v) is 4.36. The molecule has 3 aromatic carbocycles. The molecule has 0 fully saturated rings. The van der Waals surface area contributed by atoms with Crippen LogP contribution in [0.25, 0.3) is 0 Å². The average Bonchev–Trinajstić information content (AvgIpc) is 2.88. The first-order chi connectivity index (χ1) is 16.8. The topological polar surface area (TPSA) is 120 Å². The standard InChI is InChI=1S/C25H24N2O7S/c1-17(24(28)27-20-10-11-22-23(15-20)33-13-12-32-22)34-25(29)19-8-5-9-21(14-19)35(30,31)26-16-18-6-3-2-4-7-18/h2-11,14-15,17,26H,12-13,16H2,1H3,(H,27,28)/t17-/m1/s1. The number of amides is 1. The molecule has 182 valence electrons. The number of rotatable bonds is 8. The normalized spacial score (nSPS) is 13.5. The first kappa shape index (κ1) is 24.2. The first-order valence-electron chi connectivity index (χ1n) is 10.9. The van der Waals surface area contributed by atoms with Gasteiger partial charge in [0.1, 0.15) is 13.2 Å². The third-order valence-corrected chi connectivity index (χ3v) is 6.55. The van der Waals surface area contributed by atoms with Gasteiger partial charge in [-0.25, -0.2) is 17.9 Å². The lowest BCUT2D eigenvalue weighted by atomic mass is 10.2. The molecule has 0 radical (unpaired) electrons. The molecule has 35 heavy (non-hydrogen) atoms. The molecule has 4 rings (SSSR count). The molecule has 0 saturated carbocycles. The molecule has 9 nitrogen and oxygen atoms in total. The maximum Gasteiger partial charge on any atom is 0.338 e. The lowest BCUT2D eigenvalue weighted by Gasteiger charge is -2.19. The van der Waals surface area contributed by atoms with Gasteiger partial charge in [0.05, 0.1) is 10.5 Å². The predicted molar refractivity (Wildman–Crippen MR) is 128 cm³/mol. The van der Waals surface area contributed by atoms with Crippen molar-refractivity contribution in [3.05, 3.63) is 83.9 Å². The van der Waals surface area contributed by atoms with E-state index in [0.29, 0.717) is 30.4 Å². The predicted octanol–water partition coefficient (Wildman–Crippen LogP) is 3.12. The number of esters is 1. The number of ether oxygens (including phenoxy) is 3. The zero-order valence-electron chi connectivity index (χ0n) is 18.9. The van der Waals surface area contributed by atoms with Crippen molar-refractivity contribution in [2.75, 3.05) is 18.5 Å². The smallest absolute Gasteiger partial charge is 0.338 e. The summed E-state index contributed by atoms with van der Waals surface area (Å²) in [5.41, 5.74) is 1.26. The zero-order valence-corrected chi connectivity index (χ0v) is 19.7. The highest BCUT2D eigenvalue weighted by Gasteiger charge is 2.22. The number of anilines is 1. The van der Waals surface area contributed by atoms with Gasteiger partial charge in [0, 0.05) is 18.3 Å². The van der Waals surface area contributed by atoms with Crippen molar-refractivity contribution in [1.82, 2.24) is 4.72 Å².